The first-order chi connectivity index (χ1) is 15.4. The van der Waals surface area contributed by atoms with Crippen molar-refractivity contribution in [1.82, 2.24) is 0 Å². The Hall–Kier alpha value is -3.58. The molecular formula is C25H23NO5S. The number of thiophene rings is 1. The van der Waals surface area contributed by atoms with Crippen molar-refractivity contribution in [2.75, 3.05) is 19.1 Å². The highest BCUT2D eigenvalue weighted by atomic mass is 32.1. The molecule has 1 fully saturated rings. The van der Waals surface area contributed by atoms with Crippen molar-refractivity contribution in [1.29, 1.82) is 0 Å². The molecule has 1 amide bonds. The molecule has 1 unspecified atom stereocenters. The van der Waals surface area contributed by atoms with Crippen LogP contribution in [0.1, 0.15) is 27.6 Å². The molecule has 4 rings (SSSR count). The molecule has 3 aromatic rings. The second kappa shape index (κ2) is 8.51. The summed E-state index contributed by atoms with van der Waals surface area (Å²) in [6, 6.07) is 13.5. The molecule has 2 heterocycles. The first-order valence-corrected chi connectivity index (χ1v) is 10.9. The Morgan fingerprint density at radius 2 is 1.72 bits per heavy atom. The molecule has 1 N–H and O–H groups in total. The molecule has 0 radical (unpaired) electrons. The summed E-state index contributed by atoms with van der Waals surface area (Å²) < 4.78 is 10.6. The molecule has 6 nitrogen and oxygen atoms in total. The van der Waals surface area contributed by atoms with Crippen LogP contribution in [0.5, 0.6) is 11.5 Å². The van der Waals surface area contributed by atoms with Gasteiger partial charge in [-0.3, -0.25) is 14.5 Å². The summed E-state index contributed by atoms with van der Waals surface area (Å²) in [5, 5.41) is 13.2. The number of methoxy groups -OCH3 is 2. The van der Waals surface area contributed by atoms with Gasteiger partial charge in [0, 0.05) is 16.1 Å². The second-order valence-electron chi connectivity index (χ2n) is 7.52. The molecule has 32 heavy (non-hydrogen) atoms. The Morgan fingerprint density at radius 1 is 1.00 bits per heavy atom. The van der Waals surface area contributed by atoms with E-state index < -0.39 is 17.7 Å². The third-order valence-corrected chi connectivity index (χ3v) is 6.53. The summed E-state index contributed by atoms with van der Waals surface area (Å²) in [4.78, 5) is 28.6. The van der Waals surface area contributed by atoms with E-state index in [2.05, 4.69) is 0 Å². The van der Waals surface area contributed by atoms with Gasteiger partial charge >= 0.3 is 0 Å². The van der Waals surface area contributed by atoms with Gasteiger partial charge in [0.25, 0.3) is 11.7 Å². The van der Waals surface area contributed by atoms with Gasteiger partial charge < -0.3 is 14.6 Å². The van der Waals surface area contributed by atoms with Crippen LogP contribution in [0, 0.1) is 13.8 Å². The predicted molar refractivity (Wildman–Crippen MR) is 125 cm³/mol. The number of ketones is 1. The minimum absolute atomic E-state index is 0.0703. The Kier molecular flexibility index (Phi) is 5.76. The van der Waals surface area contributed by atoms with Crippen molar-refractivity contribution < 1.29 is 24.2 Å². The maximum absolute atomic E-state index is 13.2. The van der Waals surface area contributed by atoms with Crippen LogP contribution in [0.25, 0.3) is 5.76 Å². The highest BCUT2D eigenvalue weighted by Gasteiger charge is 2.47. The Balaban J connectivity index is 1.92. The van der Waals surface area contributed by atoms with Crippen molar-refractivity contribution in [3.63, 3.8) is 0 Å². The fourth-order valence-corrected chi connectivity index (χ4v) is 4.79. The van der Waals surface area contributed by atoms with Gasteiger partial charge in [0.2, 0.25) is 0 Å². The van der Waals surface area contributed by atoms with E-state index in [9.17, 15) is 14.7 Å². The van der Waals surface area contributed by atoms with Crippen LogP contribution in [0.4, 0.5) is 5.69 Å². The molecule has 7 heteroatoms. The second-order valence-corrected chi connectivity index (χ2v) is 8.50. The number of carbonyl (C=O) groups excluding carboxylic acids is 2. The zero-order chi connectivity index (χ0) is 23.0. The average Bonchev–Trinajstić information content (AvgIpc) is 3.41. The van der Waals surface area contributed by atoms with Crippen molar-refractivity contribution in [3.8, 4) is 11.5 Å². The number of aliphatic hydroxyl groups excluding tert-OH is 1. The van der Waals surface area contributed by atoms with Gasteiger partial charge in [0.15, 0.2) is 0 Å². The van der Waals surface area contributed by atoms with Crippen LogP contribution in [0.2, 0.25) is 0 Å². The molecule has 1 aliphatic rings. The average molecular weight is 450 g/mol. The van der Waals surface area contributed by atoms with Gasteiger partial charge in [-0.15, -0.1) is 11.3 Å². The topological polar surface area (TPSA) is 76.1 Å². The molecule has 0 saturated carbocycles. The van der Waals surface area contributed by atoms with Crippen molar-refractivity contribution in [2.24, 2.45) is 0 Å². The summed E-state index contributed by atoms with van der Waals surface area (Å²) in [7, 11) is 3.14. The lowest BCUT2D eigenvalue weighted by atomic mass is 9.95. The van der Waals surface area contributed by atoms with Gasteiger partial charge in [0.05, 0.1) is 19.8 Å². The zero-order valence-electron chi connectivity index (χ0n) is 18.2. The number of carbonyl (C=O) groups is 2. The lowest BCUT2D eigenvalue weighted by Gasteiger charge is -2.24. The zero-order valence-corrected chi connectivity index (χ0v) is 19.0. The lowest BCUT2D eigenvalue weighted by Crippen LogP contribution is -2.29. The quantitative estimate of drug-likeness (QED) is 0.337. The van der Waals surface area contributed by atoms with E-state index in [1.165, 1.54) is 16.2 Å². The maximum Gasteiger partial charge on any atom is 0.300 e. The summed E-state index contributed by atoms with van der Waals surface area (Å²) >= 11 is 1.42. The predicted octanol–water partition coefficient (Wildman–Crippen LogP) is 5.01. The highest BCUT2D eigenvalue weighted by Crippen LogP contribution is 2.44. The number of aryl methyl sites for hydroxylation is 2. The number of amides is 1. The van der Waals surface area contributed by atoms with E-state index in [1.54, 1.807) is 44.6 Å². The number of aliphatic hydroxyl groups is 1. The third kappa shape index (κ3) is 3.54. The summed E-state index contributed by atoms with van der Waals surface area (Å²) in [6.45, 7) is 3.69. The van der Waals surface area contributed by atoms with Crippen LogP contribution in [-0.2, 0) is 9.59 Å². The minimum Gasteiger partial charge on any atom is -0.507 e. The molecule has 0 aliphatic carbocycles. The largest absolute Gasteiger partial charge is 0.507 e. The Morgan fingerprint density at radius 3 is 2.31 bits per heavy atom. The smallest absolute Gasteiger partial charge is 0.300 e. The summed E-state index contributed by atoms with van der Waals surface area (Å²) in [5.41, 5.74) is 2.67. The number of nitrogens with zero attached hydrogens (tertiary/aromatic N) is 1. The van der Waals surface area contributed by atoms with Gasteiger partial charge in [0.1, 0.15) is 23.3 Å². The molecule has 0 bridgehead atoms. The summed E-state index contributed by atoms with van der Waals surface area (Å²) in [6.07, 6.45) is 0. The van der Waals surface area contributed by atoms with E-state index in [0.29, 0.717) is 22.7 Å². The van der Waals surface area contributed by atoms with Gasteiger partial charge in [-0.1, -0.05) is 6.07 Å². The van der Waals surface area contributed by atoms with Crippen LogP contribution in [-0.4, -0.2) is 31.0 Å². The van der Waals surface area contributed by atoms with E-state index in [1.807, 2.05) is 37.4 Å². The first-order valence-electron chi connectivity index (χ1n) is 10.0. The van der Waals surface area contributed by atoms with Crippen LogP contribution < -0.4 is 14.4 Å². The first kappa shape index (κ1) is 21.6. The number of hydrogen-bond acceptors (Lipinski definition) is 6. The fraction of sp³-hybridized carbons (Fsp3) is 0.200. The Bertz CT molecular complexity index is 1210. The number of rotatable bonds is 5. The van der Waals surface area contributed by atoms with E-state index in [4.69, 9.17) is 9.47 Å². The van der Waals surface area contributed by atoms with Crippen molar-refractivity contribution in [2.45, 2.75) is 19.9 Å². The Labute approximate surface area is 190 Å². The van der Waals surface area contributed by atoms with E-state index in [-0.39, 0.29) is 11.3 Å². The molecule has 0 spiro atoms. The van der Waals surface area contributed by atoms with Crippen LogP contribution >= 0.6 is 11.3 Å². The molecule has 2 aromatic carbocycles. The molecule has 1 saturated heterocycles. The number of Topliss-reactive ketones (excluding diaryl/α,β-unsaturated/α-hetero) is 1. The van der Waals surface area contributed by atoms with Crippen molar-refractivity contribution >= 4 is 34.5 Å². The highest BCUT2D eigenvalue weighted by molar-refractivity contribution is 7.10. The van der Waals surface area contributed by atoms with Crippen LogP contribution in [0.3, 0.4) is 0 Å². The third-order valence-electron chi connectivity index (χ3n) is 5.60. The number of anilines is 1. The molecule has 1 aliphatic heterocycles. The monoisotopic (exact) mass is 449 g/mol. The standard InChI is InChI=1S/C25H23NO5S/c1-14-13-19(31-4)15(2)12-18(14)23(27)21-22(20-6-5-11-32-20)26(25(29)24(21)28)16-7-9-17(30-3)10-8-16/h5-13,22,27H,1-4H3/b23-21-. The maximum atomic E-state index is 13.2. The van der Waals surface area contributed by atoms with E-state index in [0.717, 1.165) is 16.0 Å². The lowest BCUT2D eigenvalue weighted by molar-refractivity contribution is -0.132. The fourth-order valence-electron chi connectivity index (χ4n) is 3.97. The van der Waals surface area contributed by atoms with Gasteiger partial charge in [-0.25, -0.2) is 0 Å². The molecule has 1 aromatic heterocycles. The number of benzene rings is 2. The molecular weight excluding hydrogens is 426 g/mol. The summed E-state index contributed by atoms with van der Waals surface area (Å²) in [5.74, 6) is -0.265. The van der Waals surface area contributed by atoms with E-state index >= 15 is 0 Å². The minimum atomic E-state index is -0.731. The number of hydrogen-bond donors (Lipinski definition) is 1. The van der Waals surface area contributed by atoms with Gasteiger partial charge in [-0.2, -0.15) is 0 Å². The van der Waals surface area contributed by atoms with Gasteiger partial charge in [-0.05, 0) is 72.8 Å². The van der Waals surface area contributed by atoms with Crippen molar-refractivity contribution in [3.05, 3.63) is 81.1 Å². The normalized spacial score (nSPS) is 17.6. The molecule has 1 atom stereocenters. The molecule has 164 valence electrons. The van der Waals surface area contributed by atoms with Crippen LogP contribution in [0.15, 0.2) is 59.5 Å². The SMILES string of the molecule is COc1ccc(N2C(=O)C(=O)/C(=C(\O)c3cc(C)c(OC)cc3C)C2c2cccs2)cc1. The number of ether oxygens (including phenoxy) is 2.